The van der Waals surface area contributed by atoms with Crippen molar-refractivity contribution in [2.45, 2.75) is 41.5 Å². The summed E-state index contributed by atoms with van der Waals surface area (Å²) in [5.74, 6) is 0. The van der Waals surface area contributed by atoms with E-state index in [2.05, 4.69) is 54.9 Å². The molecule has 0 aromatic carbocycles. The van der Waals surface area contributed by atoms with Crippen molar-refractivity contribution < 1.29 is 23.2 Å². The first-order chi connectivity index (χ1) is 8.77. The van der Waals surface area contributed by atoms with Gasteiger partial charge in [-0.1, -0.05) is 0 Å². The zero-order chi connectivity index (χ0) is 14.5. The first-order valence-corrected chi connectivity index (χ1v) is 12.8. The maximum atomic E-state index is 2.48. The fourth-order valence-corrected chi connectivity index (χ4v) is 15.6. The third-order valence-corrected chi connectivity index (χ3v) is 18.8. The zero-order valence-electron chi connectivity index (χ0n) is 13.4. The van der Waals surface area contributed by atoms with Crippen molar-refractivity contribution in [1.29, 1.82) is 0 Å². The fraction of sp³-hybridized carbons (Fsp3) is 0.500. The Morgan fingerprint density at radius 3 is 1.11 bits per heavy atom. The van der Waals surface area contributed by atoms with Crippen LogP contribution in [0, 0.1) is 41.5 Å². The van der Waals surface area contributed by atoms with E-state index in [1.54, 1.807) is 32.8 Å². The molecule has 2 aromatic heterocycles. The first-order valence-electron chi connectivity index (χ1n) is 6.79. The molecule has 2 heterocycles. The second-order valence-electron chi connectivity index (χ2n) is 5.61. The van der Waals surface area contributed by atoms with Gasteiger partial charge in [-0.15, -0.1) is 0 Å². The molecule has 2 aromatic rings. The molecule has 0 aliphatic carbocycles. The van der Waals surface area contributed by atoms with Crippen LogP contribution in [0.25, 0.3) is 0 Å². The van der Waals surface area contributed by atoms with Crippen molar-refractivity contribution in [2.75, 3.05) is 0 Å². The average molecular weight is 370 g/mol. The topological polar surface area (TPSA) is 0 Å². The molecule has 0 fully saturated rings. The van der Waals surface area contributed by atoms with Gasteiger partial charge in [-0.05, 0) is 0 Å². The van der Waals surface area contributed by atoms with E-state index in [-0.39, 0.29) is 15.1 Å². The van der Waals surface area contributed by atoms with Crippen molar-refractivity contribution in [1.82, 2.24) is 0 Å². The minimum absolute atomic E-state index is 0.0413. The third-order valence-electron chi connectivity index (χ3n) is 4.83. The number of rotatable bonds is 2. The van der Waals surface area contributed by atoms with Gasteiger partial charge in [-0.25, -0.2) is 0 Å². The molecule has 0 saturated heterocycles. The van der Waals surface area contributed by atoms with E-state index in [1.165, 1.54) is 0 Å². The zero-order valence-corrected chi connectivity index (χ0v) is 17.6. The van der Waals surface area contributed by atoms with Gasteiger partial charge in [0.05, 0.1) is 0 Å². The summed E-state index contributed by atoms with van der Waals surface area (Å²) in [5, 5.41) is 3.36. The summed E-state index contributed by atoms with van der Waals surface area (Å²) < 4.78 is 3.81. The quantitative estimate of drug-likeness (QED) is 0.725. The summed E-state index contributed by atoms with van der Waals surface area (Å²) in [5.41, 5.74) is 6.51. The molecule has 0 saturated carbocycles. The van der Waals surface area contributed by atoms with Crippen molar-refractivity contribution >= 4 is 21.1 Å². The second kappa shape index (κ2) is 5.68. The maximum absolute atomic E-state index is 2.48. The van der Waals surface area contributed by atoms with Crippen LogP contribution in [0.5, 0.6) is 0 Å². The Morgan fingerprint density at radius 1 is 0.579 bits per heavy atom. The van der Waals surface area contributed by atoms with Crippen LogP contribution in [0.4, 0.5) is 0 Å². The van der Waals surface area contributed by atoms with Crippen LogP contribution < -0.4 is 6.01 Å². The molecule has 0 nitrogen and oxygen atoms in total. The van der Waals surface area contributed by atoms with Crippen LogP contribution >= 0.6 is 15.1 Å². The summed E-state index contributed by atoms with van der Waals surface area (Å²) in [7, 11) is 0.0826. The molecule has 2 atom stereocenters. The molecule has 0 amide bonds. The average Bonchev–Trinajstić information content (AvgIpc) is 2.68. The Hall–Kier alpha value is 0.443. The molecule has 0 aliphatic heterocycles. The molecular weight excluding hydrogens is 345 g/mol. The van der Waals surface area contributed by atoms with Crippen LogP contribution in [-0.4, -0.2) is 0 Å². The Bertz CT molecular complexity index is 537. The Morgan fingerprint density at radius 2 is 0.895 bits per heavy atom. The van der Waals surface area contributed by atoms with Gasteiger partial charge in [0, 0.05) is 0 Å². The molecule has 19 heavy (non-hydrogen) atoms. The monoisotopic (exact) mass is 368 g/mol. The molecule has 0 radical (unpaired) electrons. The van der Waals surface area contributed by atoms with Gasteiger partial charge in [-0.3, -0.25) is 0 Å². The summed E-state index contributed by atoms with van der Waals surface area (Å²) in [6.07, 6.45) is 0. The van der Waals surface area contributed by atoms with E-state index in [4.69, 9.17) is 0 Å². The van der Waals surface area contributed by atoms with Crippen LogP contribution in [0.3, 0.4) is 0 Å². The predicted octanol–water partition coefficient (Wildman–Crippen LogP) is 4.62. The molecule has 3 heteroatoms. The normalized spacial score (nSPS) is 13.1. The third kappa shape index (κ3) is 2.52. The Balaban J connectivity index is 2.54. The van der Waals surface area contributed by atoms with Crippen molar-refractivity contribution in [3.8, 4) is 0 Å². The number of hydrogen-bond acceptors (Lipinski definition) is 0. The van der Waals surface area contributed by atoms with Gasteiger partial charge in [0.1, 0.15) is 0 Å². The van der Waals surface area contributed by atoms with Gasteiger partial charge in [0.25, 0.3) is 0 Å². The molecule has 0 spiro atoms. The minimum atomic E-state index is -0.543. The van der Waals surface area contributed by atoms with Crippen LogP contribution in [0.2, 0.25) is 0 Å². The Labute approximate surface area is 131 Å². The molecule has 0 bridgehead atoms. The van der Waals surface area contributed by atoms with Crippen LogP contribution in [-0.2, 0) is 36.6 Å². The standard InChI is InChI=1S/2C8H12P.Zr/c2*1-6-5-9(4)8(3)7(6)2;/h2*1-4H3;. The summed E-state index contributed by atoms with van der Waals surface area (Å²) in [6, 6.07) is 0. The van der Waals surface area contributed by atoms with E-state index in [0.29, 0.717) is 0 Å². The molecule has 0 aliphatic rings. The Kier molecular flexibility index (Phi) is 4.73. The van der Waals surface area contributed by atoms with E-state index >= 15 is 0 Å². The van der Waals surface area contributed by atoms with Gasteiger partial charge < -0.3 is 0 Å². The fourth-order valence-electron chi connectivity index (χ4n) is 2.71. The summed E-state index contributed by atoms with van der Waals surface area (Å²) in [4.78, 5) is 0. The SMILES string of the molecule is Cc1c(C)[c]([Zr][c]2c(C)c(C)c(C)p2C)p(C)c1C. The van der Waals surface area contributed by atoms with Gasteiger partial charge in [0.2, 0.25) is 0 Å². The van der Waals surface area contributed by atoms with Crippen LogP contribution in [0.15, 0.2) is 0 Å². The predicted molar refractivity (Wildman–Crippen MR) is 88.0 cm³/mol. The van der Waals surface area contributed by atoms with Crippen molar-refractivity contribution in [3.05, 3.63) is 32.8 Å². The van der Waals surface area contributed by atoms with E-state index < -0.39 is 23.2 Å². The van der Waals surface area contributed by atoms with Crippen molar-refractivity contribution in [3.63, 3.8) is 0 Å². The van der Waals surface area contributed by atoms with Gasteiger partial charge in [0.15, 0.2) is 0 Å². The van der Waals surface area contributed by atoms with Crippen molar-refractivity contribution in [2.24, 2.45) is 13.3 Å². The summed E-state index contributed by atoms with van der Waals surface area (Å²) in [6.45, 7) is 19.1. The molecule has 102 valence electrons. The molecule has 0 N–H and O–H groups in total. The van der Waals surface area contributed by atoms with E-state index in [9.17, 15) is 0 Å². The van der Waals surface area contributed by atoms with Gasteiger partial charge in [-0.2, -0.15) is 0 Å². The number of hydrogen-bond donors (Lipinski definition) is 0. The molecule has 2 unspecified atom stereocenters. The van der Waals surface area contributed by atoms with E-state index in [1.807, 2.05) is 6.01 Å². The van der Waals surface area contributed by atoms with Gasteiger partial charge >= 0.3 is 132 Å². The molecular formula is C16H24P2Zr. The second-order valence-corrected chi connectivity index (χ2v) is 15.2. The summed E-state index contributed by atoms with van der Waals surface area (Å²) >= 11 is -0.543. The molecule has 2 rings (SSSR count). The first kappa shape index (κ1) is 15.8. The van der Waals surface area contributed by atoms with Crippen LogP contribution in [0.1, 0.15) is 32.8 Å². The van der Waals surface area contributed by atoms with E-state index in [0.717, 1.165) is 0 Å².